The molecule has 0 spiro atoms. The first kappa shape index (κ1) is 22.1. The van der Waals surface area contributed by atoms with Crippen LogP contribution in [-0.2, 0) is 0 Å². The van der Waals surface area contributed by atoms with Gasteiger partial charge in [-0.1, -0.05) is 35.3 Å². The molecule has 1 aliphatic rings. The van der Waals surface area contributed by atoms with Crippen molar-refractivity contribution < 1.29 is 0 Å². The van der Waals surface area contributed by atoms with Gasteiger partial charge in [-0.25, -0.2) is 15.0 Å². The molecule has 0 atom stereocenters. The normalized spacial score (nSPS) is 18.5. The van der Waals surface area contributed by atoms with Crippen molar-refractivity contribution in [3.63, 3.8) is 0 Å². The van der Waals surface area contributed by atoms with Gasteiger partial charge in [0.05, 0.1) is 5.02 Å². The second-order valence-corrected chi connectivity index (χ2v) is 9.47. The van der Waals surface area contributed by atoms with Crippen molar-refractivity contribution >= 4 is 40.2 Å². The fourth-order valence-corrected chi connectivity index (χ4v) is 4.94. The van der Waals surface area contributed by atoms with Gasteiger partial charge in [0, 0.05) is 22.8 Å². The van der Waals surface area contributed by atoms with Crippen LogP contribution < -0.4 is 11.1 Å². The van der Waals surface area contributed by atoms with Gasteiger partial charge in [-0.3, -0.25) is 4.57 Å². The summed E-state index contributed by atoms with van der Waals surface area (Å²) < 4.78 is 2.01. The van der Waals surface area contributed by atoms with Crippen LogP contribution in [0.4, 0.5) is 5.82 Å². The zero-order valence-corrected chi connectivity index (χ0v) is 19.7. The molecule has 0 aliphatic heterocycles. The van der Waals surface area contributed by atoms with Crippen LogP contribution in [0.15, 0.2) is 54.9 Å². The SMILES string of the molecule is NCC1CCC(CNc2ncnc3c2nc(-c2ccccc2Cl)n3-c2ccc(Cl)cc2)CC1. The van der Waals surface area contributed by atoms with Crippen molar-refractivity contribution in [2.24, 2.45) is 17.6 Å². The van der Waals surface area contributed by atoms with E-state index in [0.29, 0.717) is 27.7 Å². The third kappa shape index (κ3) is 4.56. The quantitative estimate of drug-likeness (QED) is 0.355. The number of anilines is 1. The summed E-state index contributed by atoms with van der Waals surface area (Å²) in [6.07, 6.45) is 6.36. The largest absolute Gasteiger partial charge is 0.368 e. The highest BCUT2D eigenvalue weighted by Gasteiger charge is 2.23. The number of imidazole rings is 1. The molecule has 170 valence electrons. The van der Waals surface area contributed by atoms with Crippen LogP contribution in [0.5, 0.6) is 0 Å². The molecule has 1 fully saturated rings. The smallest absolute Gasteiger partial charge is 0.170 e. The summed E-state index contributed by atoms with van der Waals surface area (Å²) in [6, 6.07) is 15.3. The lowest BCUT2D eigenvalue weighted by Gasteiger charge is -2.27. The Morgan fingerprint density at radius 2 is 1.67 bits per heavy atom. The van der Waals surface area contributed by atoms with E-state index in [4.69, 9.17) is 33.9 Å². The van der Waals surface area contributed by atoms with E-state index in [-0.39, 0.29) is 0 Å². The lowest BCUT2D eigenvalue weighted by molar-refractivity contribution is 0.289. The summed E-state index contributed by atoms with van der Waals surface area (Å²) in [5, 5.41) is 4.84. The van der Waals surface area contributed by atoms with Crippen LogP contribution in [0.2, 0.25) is 10.0 Å². The number of aromatic nitrogens is 4. The second-order valence-electron chi connectivity index (χ2n) is 8.62. The van der Waals surface area contributed by atoms with Crippen molar-refractivity contribution in [2.75, 3.05) is 18.4 Å². The van der Waals surface area contributed by atoms with E-state index >= 15 is 0 Å². The summed E-state index contributed by atoms with van der Waals surface area (Å²) in [5.74, 6) is 2.73. The predicted octanol–water partition coefficient (Wildman–Crippen LogP) is 5.97. The van der Waals surface area contributed by atoms with Crippen molar-refractivity contribution in [1.82, 2.24) is 19.5 Å². The number of nitrogens with two attached hydrogens (primary N) is 1. The topological polar surface area (TPSA) is 81.7 Å². The lowest BCUT2D eigenvalue weighted by Crippen LogP contribution is -2.25. The number of halogens is 2. The van der Waals surface area contributed by atoms with Gasteiger partial charge in [0.25, 0.3) is 0 Å². The Kier molecular flexibility index (Phi) is 6.49. The first-order valence-corrected chi connectivity index (χ1v) is 12.1. The monoisotopic (exact) mass is 480 g/mol. The van der Waals surface area contributed by atoms with E-state index in [2.05, 4.69) is 15.3 Å². The zero-order chi connectivity index (χ0) is 22.8. The molecule has 1 saturated carbocycles. The van der Waals surface area contributed by atoms with Crippen molar-refractivity contribution in [3.05, 3.63) is 64.9 Å². The molecule has 0 bridgehead atoms. The number of benzene rings is 2. The maximum atomic E-state index is 6.56. The van der Waals surface area contributed by atoms with Crippen LogP contribution in [0.1, 0.15) is 25.7 Å². The highest BCUT2D eigenvalue weighted by atomic mass is 35.5. The number of hydrogen-bond donors (Lipinski definition) is 2. The van der Waals surface area contributed by atoms with Crippen LogP contribution in [0.3, 0.4) is 0 Å². The van der Waals surface area contributed by atoms with Crippen LogP contribution in [0.25, 0.3) is 28.2 Å². The number of fused-ring (bicyclic) bond motifs is 1. The van der Waals surface area contributed by atoms with Gasteiger partial charge < -0.3 is 11.1 Å². The molecule has 0 amide bonds. The highest BCUT2D eigenvalue weighted by molar-refractivity contribution is 6.33. The first-order valence-electron chi connectivity index (χ1n) is 11.3. The second kappa shape index (κ2) is 9.67. The molecule has 2 aromatic heterocycles. The Labute approximate surface area is 203 Å². The average Bonchev–Trinajstić information content (AvgIpc) is 3.24. The molecular formula is C25H26Cl2N6. The van der Waals surface area contributed by atoms with E-state index in [0.717, 1.165) is 41.3 Å². The van der Waals surface area contributed by atoms with Gasteiger partial charge in [0.15, 0.2) is 17.0 Å². The number of nitrogens with zero attached hydrogens (tertiary/aromatic N) is 4. The maximum absolute atomic E-state index is 6.56. The molecule has 5 rings (SSSR count). The molecule has 2 aromatic carbocycles. The summed E-state index contributed by atoms with van der Waals surface area (Å²) >= 11 is 12.7. The Balaban J connectivity index is 1.54. The van der Waals surface area contributed by atoms with E-state index in [9.17, 15) is 0 Å². The molecule has 2 heterocycles. The number of hydrogen-bond acceptors (Lipinski definition) is 5. The van der Waals surface area contributed by atoms with Crippen molar-refractivity contribution in [1.29, 1.82) is 0 Å². The standard InChI is InChI=1S/C25H26Cl2N6/c26-18-9-11-19(12-10-18)33-24(20-3-1-2-4-21(20)27)32-22-23(30-15-31-25(22)33)29-14-17-7-5-16(13-28)6-8-17/h1-4,9-12,15-17H,5-8,13-14,28H2,(H,29,30,31). The fraction of sp³-hybridized carbons (Fsp3) is 0.320. The molecule has 33 heavy (non-hydrogen) atoms. The molecule has 4 aromatic rings. The van der Waals surface area contributed by atoms with Gasteiger partial charge in [-0.15, -0.1) is 0 Å². The van der Waals surface area contributed by atoms with Crippen LogP contribution >= 0.6 is 23.2 Å². The summed E-state index contributed by atoms with van der Waals surface area (Å²) in [4.78, 5) is 14.1. The number of nitrogens with one attached hydrogen (secondary N) is 1. The van der Waals surface area contributed by atoms with E-state index in [1.54, 1.807) is 6.33 Å². The molecule has 3 N–H and O–H groups in total. The van der Waals surface area contributed by atoms with E-state index in [1.165, 1.54) is 25.7 Å². The third-order valence-electron chi connectivity index (χ3n) is 6.50. The Bertz CT molecular complexity index is 1250. The van der Waals surface area contributed by atoms with Crippen LogP contribution in [-0.4, -0.2) is 32.6 Å². The summed E-state index contributed by atoms with van der Waals surface area (Å²) in [5.41, 5.74) is 9.02. The Hall–Kier alpha value is -2.67. The minimum absolute atomic E-state index is 0.610. The molecule has 6 nitrogen and oxygen atoms in total. The highest BCUT2D eigenvalue weighted by Crippen LogP contribution is 2.34. The van der Waals surface area contributed by atoms with Gasteiger partial charge >= 0.3 is 0 Å². The van der Waals surface area contributed by atoms with Gasteiger partial charge in [0.2, 0.25) is 0 Å². The Morgan fingerprint density at radius 1 is 0.939 bits per heavy atom. The molecule has 0 radical (unpaired) electrons. The first-order chi connectivity index (χ1) is 16.1. The Morgan fingerprint density at radius 3 is 2.39 bits per heavy atom. The van der Waals surface area contributed by atoms with Crippen molar-refractivity contribution in [2.45, 2.75) is 25.7 Å². The molecular weight excluding hydrogens is 455 g/mol. The van der Waals surface area contributed by atoms with E-state index in [1.807, 2.05) is 53.1 Å². The molecule has 8 heteroatoms. The zero-order valence-electron chi connectivity index (χ0n) is 18.2. The molecule has 0 saturated heterocycles. The summed E-state index contributed by atoms with van der Waals surface area (Å²) in [6.45, 7) is 1.65. The van der Waals surface area contributed by atoms with Crippen molar-refractivity contribution in [3.8, 4) is 17.1 Å². The third-order valence-corrected chi connectivity index (χ3v) is 7.08. The average molecular weight is 481 g/mol. The van der Waals surface area contributed by atoms with Gasteiger partial charge in [-0.2, -0.15) is 0 Å². The fourth-order valence-electron chi connectivity index (χ4n) is 4.59. The predicted molar refractivity (Wildman–Crippen MR) is 135 cm³/mol. The molecule has 0 unspecified atom stereocenters. The lowest BCUT2D eigenvalue weighted by atomic mass is 9.82. The minimum Gasteiger partial charge on any atom is -0.368 e. The van der Waals surface area contributed by atoms with E-state index < -0.39 is 0 Å². The van der Waals surface area contributed by atoms with Gasteiger partial charge in [-0.05, 0) is 80.5 Å². The summed E-state index contributed by atoms with van der Waals surface area (Å²) in [7, 11) is 0. The maximum Gasteiger partial charge on any atom is 0.170 e. The molecule has 1 aliphatic carbocycles. The van der Waals surface area contributed by atoms with Crippen LogP contribution in [0, 0.1) is 11.8 Å². The minimum atomic E-state index is 0.610. The van der Waals surface area contributed by atoms with Gasteiger partial charge in [0.1, 0.15) is 12.2 Å². The number of rotatable bonds is 6.